The molecule has 0 aromatic carbocycles. The van der Waals surface area contributed by atoms with Gasteiger partial charge in [0.15, 0.2) is 0 Å². The third-order valence-electron chi connectivity index (χ3n) is 2.97. The van der Waals surface area contributed by atoms with Crippen LogP contribution < -0.4 is 5.32 Å². The minimum Gasteiger partial charge on any atom is -0.378 e. The fourth-order valence-electron chi connectivity index (χ4n) is 2.02. The molecule has 1 fully saturated rings. The van der Waals surface area contributed by atoms with E-state index in [4.69, 9.17) is 4.74 Å². The molecule has 3 nitrogen and oxygen atoms in total. The highest BCUT2D eigenvalue weighted by Gasteiger charge is 2.16. The zero-order valence-electron chi connectivity index (χ0n) is 10.2. The normalized spacial score (nSPS) is 19.5. The Bertz CT molecular complexity index is 369. The molecule has 0 radical (unpaired) electrons. The average Bonchev–Trinajstić information content (AvgIpc) is 2.95. The first kappa shape index (κ1) is 12.6. The third kappa shape index (κ3) is 4.13. The number of hydrogen-bond acceptors (Lipinski definition) is 3. The third-order valence-corrected chi connectivity index (χ3v) is 3.97. The Morgan fingerprint density at radius 3 is 3.12 bits per heavy atom. The molecular weight excluding hydrogens is 234 g/mol. The smallest absolute Gasteiger partial charge is 0.220 e. The van der Waals surface area contributed by atoms with Gasteiger partial charge >= 0.3 is 0 Å². The molecule has 0 bridgehead atoms. The van der Waals surface area contributed by atoms with E-state index < -0.39 is 0 Å². The molecule has 1 aliphatic heterocycles. The van der Waals surface area contributed by atoms with Gasteiger partial charge in [-0.3, -0.25) is 4.79 Å². The molecule has 1 aromatic heterocycles. The van der Waals surface area contributed by atoms with E-state index in [0.717, 1.165) is 25.9 Å². The van der Waals surface area contributed by atoms with Crippen LogP contribution >= 0.6 is 11.3 Å². The van der Waals surface area contributed by atoms with Crippen LogP contribution in [0.25, 0.3) is 0 Å². The van der Waals surface area contributed by atoms with E-state index in [1.54, 1.807) is 11.3 Å². The first-order chi connectivity index (χ1) is 8.24. The van der Waals surface area contributed by atoms with Crippen molar-refractivity contribution in [2.75, 3.05) is 6.61 Å². The SMILES string of the molecule is Cc1ccc(CNC(=O)CC[C@H]2CCCO2)s1. The molecule has 0 spiro atoms. The van der Waals surface area contributed by atoms with Crippen LogP contribution in [0.3, 0.4) is 0 Å². The predicted octanol–water partition coefficient (Wildman–Crippen LogP) is 2.63. The van der Waals surface area contributed by atoms with Gasteiger partial charge in [0, 0.05) is 22.8 Å². The lowest BCUT2D eigenvalue weighted by Crippen LogP contribution is -2.23. The number of hydrogen-bond donors (Lipinski definition) is 1. The lowest BCUT2D eigenvalue weighted by molar-refractivity contribution is -0.121. The highest BCUT2D eigenvalue weighted by molar-refractivity contribution is 7.11. The summed E-state index contributed by atoms with van der Waals surface area (Å²) in [5.74, 6) is 0.131. The van der Waals surface area contributed by atoms with Crippen molar-refractivity contribution in [2.24, 2.45) is 0 Å². The fraction of sp³-hybridized carbons (Fsp3) is 0.615. The second-order valence-corrected chi connectivity index (χ2v) is 5.84. The number of carbonyl (C=O) groups is 1. The lowest BCUT2D eigenvalue weighted by atomic mass is 10.1. The second-order valence-electron chi connectivity index (χ2n) is 4.46. The first-order valence-corrected chi connectivity index (χ1v) is 6.99. The molecule has 0 aliphatic carbocycles. The van der Waals surface area contributed by atoms with Crippen molar-refractivity contribution in [2.45, 2.75) is 45.3 Å². The minimum absolute atomic E-state index is 0.131. The molecule has 0 unspecified atom stereocenters. The van der Waals surface area contributed by atoms with Crippen LogP contribution in [0.4, 0.5) is 0 Å². The van der Waals surface area contributed by atoms with E-state index in [2.05, 4.69) is 24.4 Å². The van der Waals surface area contributed by atoms with E-state index in [0.29, 0.717) is 19.1 Å². The van der Waals surface area contributed by atoms with Gasteiger partial charge in [-0.1, -0.05) is 0 Å². The molecule has 17 heavy (non-hydrogen) atoms. The molecule has 94 valence electrons. The second kappa shape index (κ2) is 6.17. The average molecular weight is 253 g/mol. The van der Waals surface area contributed by atoms with Crippen molar-refractivity contribution in [3.63, 3.8) is 0 Å². The van der Waals surface area contributed by atoms with Crippen LogP contribution in [0.15, 0.2) is 12.1 Å². The number of rotatable bonds is 5. The van der Waals surface area contributed by atoms with Gasteiger partial charge in [0.2, 0.25) is 5.91 Å². The Hall–Kier alpha value is -0.870. The van der Waals surface area contributed by atoms with Gasteiger partial charge in [0.25, 0.3) is 0 Å². The van der Waals surface area contributed by atoms with E-state index in [9.17, 15) is 4.79 Å². The van der Waals surface area contributed by atoms with Crippen LogP contribution in [0, 0.1) is 6.92 Å². The lowest BCUT2D eigenvalue weighted by Gasteiger charge is -2.08. The number of nitrogens with one attached hydrogen (secondary N) is 1. The molecule has 1 amide bonds. The minimum atomic E-state index is 0.131. The quantitative estimate of drug-likeness (QED) is 0.876. The van der Waals surface area contributed by atoms with Crippen LogP contribution in [-0.2, 0) is 16.1 Å². The van der Waals surface area contributed by atoms with E-state index in [1.807, 2.05) is 0 Å². The molecule has 1 N–H and O–H groups in total. The molecule has 2 rings (SSSR count). The Labute approximate surface area is 106 Å². The largest absolute Gasteiger partial charge is 0.378 e. The van der Waals surface area contributed by atoms with E-state index in [1.165, 1.54) is 9.75 Å². The fourth-order valence-corrected chi connectivity index (χ4v) is 2.85. The summed E-state index contributed by atoms with van der Waals surface area (Å²) in [4.78, 5) is 14.1. The molecule has 1 atom stereocenters. The number of aryl methyl sites for hydroxylation is 1. The first-order valence-electron chi connectivity index (χ1n) is 6.17. The molecular formula is C13H19NO2S. The summed E-state index contributed by atoms with van der Waals surface area (Å²) in [6, 6.07) is 4.15. The summed E-state index contributed by atoms with van der Waals surface area (Å²) in [6.07, 6.45) is 3.99. The summed E-state index contributed by atoms with van der Waals surface area (Å²) in [7, 11) is 0. The Kier molecular flexibility index (Phi) is 4.57. The van der Waals surface area contributed by atoms with Crippen LogP contribution in [0.2, 0.25) is 0 Å². The van der Waals surface area contributed by atoms with Gasteiger partial charge in [-0.15, -0.1) is 11.3 Å². The van der Waals surface area contributed by atoms with Gasteiger partial charge in [0.05, 0.1) is 12.6 Å². The Morgan fingerprint density at radius 2 is 2.47 bits per heavy atom. The van der Waals surface area contributed by atoms with Gasteiger partial charge in [-0.2, -0.15) is 0 Å². The molecule has 1 saturated heterocycles. The Morgan fingerprint density at radius 1 is 1.59 bits per heavy atom. The topological polar surface area (TPSA) is 38.3 Å². The molecule has 1 aromatic rings. The Balaban J connectivity index is 1.63. The molecule has 4 heteroatoms. The molecule has 1 aliphatic rings. The van der Waals surface area contributed by atoms with Gasteiger partial charge in [-0.25, -0.2) is 0 Å². The monoisotopic (exact) mass is 253 g/mol. The van der Waals surface area contributed by atoms with Crippen molar-refractivity contribution in [3.8, 4) is 0 Å². The van der Waals surface area contributed by atoms with Gasteiger partial charge in [-0.05, 0) is 38.3 Å². The number of ether oxygens (including phenoxy) is 1. The molecule has 2 heterocycles. The van der Waals surface area contributed by atoms with Crippen molar-refractivity contribution in [1.82, 2.24) is 5.32 Å². The van der Waals surface area contributed by atoms with Crippen molar-refractivity contribution in [1.29, 1.82) is 0 Å². The van der Waals surface area contributed by atoms with E-state index >= 15 is 0 Å². The van der Waals surface area contributed by atoms with E-state index in [-0.39, 0.29) is 5.91 Å². The van der Waals surface area contributed by atoms with Crippen molar-refractivity contribution < 1.29 is 9.53 Å². The highest BCUT2D eigenvalue weighted by atomic mass is 32.1. The number of amides is 1. The van der Waals surface area contributed by atoms with Crippen LogP contribution in [0.1, 0.15) is 35.4 Å². The van der Waals surface area contributed by atoms with Gasteiger partial charge < -0.3 is 10.1 Å². The maximum atomic E-state index is 11.6. The van der Waals surface area contributed by atoms with Crippen LogP contribution in [-0.4, -0.2) is 18.6 Å². The van der Waals surface area contributed by atoms with Crippen LogP contribution in [0.5, 0.6) is 0 Å². The maximum absolute atomic E-state index is 11.6. The maximum Gasteiger partial charge on any atom is 0.220 e. The summed E-state index contributed by atoms with van der Waals surface area (Å²) >= 11 is 1.73. The molecule has 0 saturated carbocycles. The van der Waals surface area contributed by atoms with Crippen molar-refractivity contribution >= 4 is 17.2 Å². The number of thiophene rings is 1. The van der Waals surface area contributed by atoms with Crippen molar-refractivity contribution in [3.05, 3.63) is 21.9 Å². The van der Waals surface area contributed by atoms with Gasteiger partial charge in [0.1, 0.15) is 0 Å². The zero-order valence-corrected chi connectivity index (χ0v) is 11.0. The predicted molar refractivity (Wildman–Crippen MR) is 69.1 cm³/mol. The number of carbonyl (C=O) groups excluding carboxylic acids is 1. The zero-order chi connectivity index (χ0) is 12.1. The summed E-state index contributed by atoms with van der Waals surface area (Å²) in [5, 5.41) is 2.95. The summed E-state index contributed by atoms with van der Waals surface area (Å²) < 4.78 is 5.49. The highest BCUT2D eigenvalue weighted by Crippen LogP contribution is 2.17. The summed E-state index contributed by atoms with van der Waals surface area (Å²) in [5.41, 5.74) is 0. The summed E-state index contributed by atoms with van der Waals surface area (Å²) in [6.45, 7) is 3.59. The standard InChI is InChI=1S/C13H19NO2S/c1-10-4-6-12(17-10)9-14-13(15)7-5-11-3-2-8-16-11/h4,6,11H,2-3,5,7-9H2,1H3,(H,14,15)/t11-/m1/s1.